The summed E-state index contributed by atoms with van der Waals surface area (Å²) in [6.07, 6.45) is -4.82. The van der Waals surface area contributed by atoms with Crippen molar-refractivity contribution < 1.29 is 44.6 Å². The van der Waals surface area contributed by atoms with Crippen molar-refractivity contribution in [3.8, 4) is 11.5 Å². The lowest BCUT2D eigenvalue weighted by Gasteiger charge is -2.26. The van der Waals surface area contributed by atoms with Gasteiger partial charge in [0, 0.05) is 18.0 Å². The number of Topliss-reactive ketones (excluding diaryl/α,β-unsaturated/α-hetero) is 1. The minimum absolute atomic E-state index is 0.0311. The number of hydrogen-bond donors (Lipinski definition) is 1. The van der Waals surface area contributed by atoms with Crippen molar-refractivity contribution in [1.29, 1.82) is 0 Å². The molecule has 0 bridgehead atoms. The van der Waals surface area contributed by atoms with Gasteiger partial charge in [-0.15, -0.1) is 13.2 Å². The van der Waals surface area contributed by atoms with Gasteiger partial charge in [0.05, 0.1) is 4.90 Å². The maximum Gasteiger partial charge on any atom is 0.573 e. The summed E-state index contributed by atoms with van der Waals surface area (Å²) in [6.45, 7) is -3.08. The van der Waals surface area contributed by atoms with Crippen LogP contribution in [-0.4, -0.2) is 27.2 Å². The average molecular weight is 451 g/mol. The molecule has 0 aromatic heterocycles. The molecule has 0 radical (unpaired) electrons. The molecule has 1 atom stereocenters. The molecule has 1 N–H and O–H groups in total. The molecule has 2 aromatic carbocycles. The Labute approximate surface area is 167 Å². The largest absolute Gasteiger partial charge is 0.573 e. The molecule has 6 nitrogen and oxygen atoms in total. The van der Waals surface area contributed by atoms with Crippen LogP contribution in [0.2, 0.25) is 0 Å². The second-order valence-corrected chi connectivity index (χ2v) is 8.00. The number of ether oxygens (including phenoxy) is 2. The van der Waals surface area contributed by atoms with Crippen LogP contribution in [0.25, 0.3) is 0 Å². The Morgan fingerprint density at radius 1 is 1.03 bits per heavy atom. The maximum absolute atomic E-state index is 12.6. The first-order valence-corrected chi connectivity index (χ1v) is 9.93. The molecule has 2 aromatic rings. The minimum atomic E-state index is -4.91. The number of fused-ring (bicyclic) bond motifs is 1. The Bertz CT molecular complexity index is 1040. The zero-order valence-corrected chi connectivity index (χ0v) is 15.8. The van der Waals surface area contributed by atoms with Crippen molar-refractivity contribution in [1.82, 2.24) is 4.72 Å². The molecule has 0 saturated heterocycles. The third kappa shape index (κ3) is 5.25. The summed E-state index contributed by atoms with van der Waals surface area (Å²) in [5.74, 6) is -1.17. The number of carbonyl (C=O) groups excluding carboxylic acids is 1. The predicted molar refractivity (Wildman–Crippen MR) is 92.8 cm³/mol. The van der Waals surface area contributed by atoms with Gasteiger partial charge in [0.1, 0.15) is 11.5 Å². The first-order chi connectivity index (χ1) is 13.9. The van der Waals surface area contributed by atoms with E-state index in [0.29, 0.717) is 0 Å². The lowest BCUT2D eigenvalue weighted by atomic mass is 9.87. The molecule has 0 heterocycles. The van der Waals surface area contributed by atoms with Crippen molar-refractivity contribution >= 4 is 15.8 Å². The van der Waals surface area contributed by atoms with Crippen molar-refractivity contribution in [2.24, 2.45) is 0 Å². The quantitative estimate of drug-likeness (QED) is 0.667. The first kappa shape index (κ1) is 22.0. The van der Waals surface area contributed by atoms with Gasteiger partial charge in [-0.3, -0.25) is 4.79 Å². The highest BCUT2D eigenvalue weighted by Gasteiger charge is 2.32. The SMILES string of the molecule is O=C1CC[C@H](NS(=O)(=O)c2ccc(OC(F)(F)F)cc2)c2ccc(OC(F)F)cc21. The maximum atomic E-state index is 12.6. The van der Waals surface area contributed by atoms with Crippen LogP contribution in [0, 0.1) is 0 Å². The van der Waals surface area contributed by atoms with E-state index in [9.17, 15) is 35.2 Å². The van der Waals surface area contributed by atoms with Crippen LogP contribution >= 0.6 is 0 Å². The normalized spacial score (nSPS) is 17.0. The Morgan fingerprint density at radius 2 is 1.67 bits per heavy atom. The summed E-state index contributed by atoms with van der Waals surface area (Å²) < 4.78 is 97.0. The van der Waals surface area contributed by atoms with Crippen molar-refractivity contribution in [2.75, 3.05) is 0 Å². The molecule has 1 aliphatic carbocycles. The highest BCUT2D eigenvalue weighted by molar-refractivity contribution is 7.89. The molecule has 162 valence electrons. The van der Waals surface area contributed by atoms with Gasteiger partial charge in [-0.1, -0.05) is 6.07 Å². The van der Waals surface area contributed by atoms with Crippen LogP contribution < -0.4 is 14.2 Å². The van der Waals surface area contributed by atoms with E-state index in [0.717, 1.165) is 30.3 Å². The van der Waals surface area contributed by atoms with Crippen molar-refractivity contribution in [3.05, 3.63) is 53.6 Å². The molecule has 0 aliphatic heterocycles. The summed E-state index contributed by atoms with van der Waals surface area (Å²) in [7, 11) is -4.16. The van der Waals surface area contributed by atoms with E-state index in [1.165, 1.54) is 12.1 Å². The van der Waals surface area contributed by atoms with Crippen molar-refractivity contribution in [2.45, 2.75) is 36.8 Å². The van der Waals surface area contributed by atoms with Gasteiger partial charge in [-0.2, -0.15) is 8.78 Å². The number of nitrogens with one attached hydrogen (secondary N) is 1. The Hall–Kier alpha value is -2.73. The first-order valence-electron chi connectivity index (χ1n) is 8.45. The van der Waals surface area contributed by atoms with Gasteiger partial charge in [0.15, 0.2) is 5.78 Å². The number of rotatable bonds is 6. The molecule has 3 rings (SSSR count). The molecular formula is C18H14F5NO5S. The molecule has 30 heavy (non-hydrogen) atoms. The fourth-order valence-corrected chi connectivity index (χ4v) is 4.27. The monoisotopic (exact) mass is 451 g/mol. The topological polar surface area (TPSA) is 81.7 Å². The summed E-state index contributed by atoms with van der Waals surface area (Å²) >= 11 is 0. The van der Waals surface area contributed by atoms with Crippen LogP contribution in [-0.2, 0) is 10.0 Å². The fourth-order valence-electron chi connectivity index (χ4n) is 3.02. The van der Waals surface area contributed by atoms with Crippen LogP contribution in [0.1, 0.15) is 34.8 Å². The smallest absolute Gasteiger partial charge is 0.435 e. The third-order valence-electron chi connectivity index (χ3n) is 4.25. The number of benzene rings is 2. The van der Waals surface area contributed by atoms with Crippen LogP contribution in [0.15, 0.2) is 47.4 Å². The van der Waals surface area contributed by atoms with E-state index in [1.807, 2.05) is 0 Å². The highest BCUT2D eigenvalue weighted by Crippen LogP contribution is 2.34. The lowest BCUT2D eigenvalue weighted by molar-refractivity contribution is -0.274. The third-order valence-corrected chi connectivity index (χ3v) is 5.74. The molecular weight excluding hydrogens is 437 g/mol. The summed E-state index contributed by atoms with van der Waals surface area (Å²) in [5, 5.41) is 0. The number of halogens is 5. The molecule has 0 fully saturated rings. The van der Waals surface area contributed by atoms with E-state index in [-0.39, 0.29) is 40.4 Å². The van der Waals surface area contributed by atoms with Gasteiger partial charge in [-0.05, 0) is 48.4 Å². The van der Waals surface area contributed by atoms with E-state index in [1.54, 1.807) is 0 Å². The molecule has 0 amide bonds. The van der Waals surface area contributed by atoms with Crippen LogP contribution in [0.3, 0.4) is 0 Å². The van der Waals surface area contributed by atoms with E-state index in [2.05, 4.69) is 14.2 Å². The van der Waals surface area contributed by atoms with E-state index >= 15 is 0 Å². The number of carbonyl (C=O) groups is 1. The lowest BCUT2D eigenvalue weighted by Crippen LogP contribution is -2.32. The molecule has 12 heteroatoms. The molecule has 1 aliphatic rings. The Morgan fingerprint density at radius 3 is 2.27 bits per heavy atom. The van der Waals surface area contributed by atoms with Crippen LogP contribution in [0.5, 0.6) is 11.5 Å². The van der Waals surface area contributed by atoms with Gasteiger partial charge in [0.2, 0.25) is 10.0 Å². The highest BCUT2D eigenvalue weighted by atomic mass is 32.2. The van der Waals surface area contributed by atoms with E-state index in [4.69, 9.17) is 0 Å². The molecule has 0 spiro atoms. The summed E-state index contributed by atoms with van der Waals surface area (Å²) in [6, 6.07) is 6.38. The molecule has 0 unspecified atom stereocenters. The average Bonchev–Trinajstić information content (AvgIpc) is 2.63. The Balaban J connectivity index is 1.82. The van der Waals surface area contributed by atoms with Gasteiger partial charge >= 0.3 is 13.0 Å². The number of ketones is 1. The zero-order valence-electron chi connectivity index (χ0n) is 14.9. The second-order valence-electron chi connectivity index (χ2n) is 6.28. The zero-order chi connectivity index (χ0) is 22.1. The summed E-state index contributed by atoms with van der Waals surface area (Å²) in [5.41, 5.74) is 0.342. The second kappa shape index (κ2) is 8.19. The number of sulfonamides is 1. The van der Waals surface area contributed by atoms with Gasteiger partial charge in [0.25, 0.3) is 0 Å². The van der Waals surface area contributed by atoms with Crippen molar-refractivity contribution in [3.63, 3.8) is 0 Å². The predicted octanol–water partition coefficient (Wildman–Crippen LogP) is 4.18. The molecule has 0 saturated carbocycles. The van der Waals surface area contributed by atoms with Gasteiger partial charge < -0.3 is 9.47 Å². The summed E-state index contributed by atoms with van der Waals surface area (Å²) in [4.78, 5) is 11.8. The Kier molecular flexibility index (Phi) is 5.99. The van der Waals surface area contributed by atoms with E-state index < -0.39 is 34.8 Å². The minimum Gasteiger partial charge on any atom is -0.435 e. The fraction of sp³-hybridized carbons (Fsp3) is 0.278. The number of hydrogen-bond acceptors (Lipinski definition) is 5. The number of alkyl halides is 5. The van der Waals surface area contributed by atoms with Crippen LogP contribution in [0.4, 0.5) is 22.0 Å². The van der Waals surface area contributed by atoms with Gasteiger partial charge in [-0.25, -0.2) is 13.1 Å². The standard InChI is InChI=1S/C18H14F5NO5S/c19-17(20)28-11-3-6-13-14(9-11)16(25)8-7-15(13)24-30(26,27)12-4-1-10(2-5-12)29-18(21,22)23/h1-6,9,15,17,24H,7-8H2/t15-/m0/s1.